The third-order valence-corrected chi connectivity index (χ3v) is 8.89. The molecule has 8 heteroatoms. The minimum atomic E-state index is -3.59. The van der Waals surface area contributed by atoms with E-state index in [-0.39, 0.29) is 16.8 Å². The van der Waals surface area contributed by atoms with Crippen LogP contribution in [-0.2, 0) is 16.6 Å². The van der Waals surface area contributed by atoms with Crippen LogP contribution in [0.5, 0.6) is 5.75 Å². The summed E-state index contributed by atoms with van der Waals surface area (Å²) in [7, 11) is -1.91. The lowest BCUT2D eigenvalue weighted by Crippen LogP contribution is -2.44. The molecule has 0 radical (unpaired) electrons. The van der Waals surface area contributed by atoms with E-state index in [1.54, 1.807) is 36.5 Å². The molecule has 0 unspecified atom stereocenters. The molecule has 184 valence electrons. The fraction of sp³-hybridized carbons (Fsp3) is 0.500. The third kappa shape index (κ3) is 5.79. The molecule has 0 aliphatic carbocycles. The number of sulfonamides is 1. The number of hydrogen-bond donors (Lipinski definition) is 1. The number of carbonyl (C=O) groups is 1. The van der Waals surface area contributed by atoms with Gasteiger partial charge < -0.3 is 10.1 Å². The first-order valence-corrected chi connectivity index (χ1v) is 13.6. The molecule has 2 aliphatic heterocycles. The van der Waals surface area contributed by atoms with Crippen LogP contribution >= 0.6 is 0 Å². The Balaban J connectivity index is 1.35. The molecule has 2 aliphatic rings. The van der Waals surface area contributed by atoms with Crippen molar-refractivity contribution < 1.29 is 17.9 Å². The Labute approximate surface area is 203 Å². The maximum atomic E-state index is 13.2. The number of aryl methyl sites for hydroxylation is 1. The van der Waals surface area contributed by atoms with E-state index in [2.05, 4.69) is 22.3 Å². The molecule has 4 rings (SSSR count). The summed E-state index contributed by atoms with van der Waals surface area (Å²) < 4.78 is 33.2. The second-order valence-corrected chi connectivity index (χ2v) is 11.2. The Morgan fingerprint density at radius 1 is 1.03 bits per heavy atom. The molecule has 0 bridgehead atoms. The van der Waals surface area contributed by atoms with Crippen LogP contribution in [-0.4, -0.2) is 62.9 Å². The zero-order valence-corrected chi connectivity index (χ0v) is 20.9. The van der Waals surface area contributed by atoms with Gasteiger partial charge in [-0.05, 0) is 68.0 Å². The highest BCUT2D eigenvalue weighted by Crippen LogP contribution is 2.25. The number of amides is 1. The van der Waals surface area contributed by atoms with E-state index >= 15 is 0 Å². The Hall–Kier alpha value is -2.42. The number of ether oxygens (including phenoxy) is 1. The highest BCUT2D eigenvalue weighted by atomic mass is 32.2. The normalized spacial score (nSPS) is 18.5. The van der Waals surface area contributed by atoms with E-state index in [4.69, 9.17) is 4.74 Å². The van der Waals surface area contributed by atoms with Gasteiger partial charge in [-0.25, -0.2) is 8.42 Å². The van der Waals surface area contributed by atoms with Crippen molar-refractivity contribution in [3.05, 3.63) is 59.2 Å². The van der Waals surface area contributed by atoms with E-state index in [1.807, 2.05) is 12.1 Å². The maximum Gasteiger partial charge on any atom is 0.251 e. The largest absolute Gasteiger partial charge is 0.497 e. The van der Waals surface area contributed by atoms with Crippen molar-refractivity contribution in [2.75, 3.05) is 33.3 Å². The van der Waals surface area contributed by atoms with Gasteiger partial charge in [-0.2, -0.15) is 4.31 Å². The molecule has 0 aromatic heterocycles. The first-order chi connectivity index (χ1) is 16.4. The van der Waals surface area contributed by atoms with Crippen LogP contribution in [0.2, 0.25) is 0 Å². The number of benzene rings is 2. The molecule has 2 saturated heterocycles. The van der Waals surface area contributed by atoms with Crippen molar-refractivity contribution in [3.8, 4) is 5.75 Å². The highest BCUT2D eigenvalue weighted by Gasteiger charge is 2.28. The molecule has 1 amide bonds. The van der Waals surface area contributed by atoms with Gasteiger partial charge in [-0.1, -0.05) is 24.6 Å². The first kappa shape index (κ1) is 24.7. The molecule has 2 aromatic rings. The van der Waals surface area contributed by atoms with E-state index in [0.717, 1.165) is 57.5 Å². The molecule has 0 spiro atoms. The van der Waals surface area contributed by atoms with Crippen molar-refractivity contribution >= 4 is 15.9 Å². The minimum Gasteiger partial charge on any atom is -0.497 e. The van der Waals surface area contributed by atoms with Crippen molar-refractivity contribution in [3.63, 3.8) is 0 Å². The summed E-state index contributed by atoms with van der Waals surface area (Å²) in [4.78, 5) is 15.6. The minimum absolute atomic E-state index is 0.0810. The van der Waals surface area contributed by atoms with Crippen molar-refractivity contribution in [1.29, 1.82) is 0 Å². The monoisotopic (exact) mass is 485 g/mol. The summed E-state index contributed by atoms with van der Waals surface area (Å²) >= 11 is 0. The number of methoxy groups -OCH3 is 1. The number of rotatable bonds is 7. The zero-order valence-electron chi connectivity index (χ0n) is 20.1. The van der Waals surface area contributed by atoms with Crippen LogP contribution in [0, 0.1) is 6.92 Å². The Kier molecular flexibility index (Phi) is 7.91. The number of piperidine rings is 2. The maximum absolute atomic E-state index is 13.2. The average molecular weight is 486 g/mol. The fourth-order valence-electron chi connectivity index (χ4n) is 4.80. The quantitative estimate of drug-likeness (QED) is 0.649. The smallest absolute Gasteiger partial charge is 0.251 e. The van der Waals surface area contributed by atoms with Crippen LogP contribution in [0.3, 0.4) is 0 Å². The van der Waals surface area contributed by atoms with E-state index in [9.17, 15) is 13.2 Å². The molecular weight excluding hydrogens is 450 g/mol. The zero-order chi connectivity index (χ0) is 24.1. The summed E-state index contributed by atoms with van der Waals surface area (Å²) in [5, 5.41) is 3.12. The predicted molar refractivity (Wildman–Crippen MR) is 133 cm³/mol. The molecule has 2 aromatic carbocycles. The van der Waals surface area contributed by atoms with E-state index in [0.29, 0.717) is 24.2 Å². The predicted octanol–water partition coefficient (Wildman–Crippen LogP) is 3.57. The van der Waals surface area contributed by atoms with Crippen LogP contribution in [0.4, 0.5) is 0 Å². The number of likely N-dealkylation sites (tertiary alicyclic amines) is 1. The van der Waals surface area contributed by atoms with E-state index in [1.165, 1.54) is 5.56 Å². The highest BCUT2D eigenvalue weighted by molar-refractivity contribution is 7.89. The van der Waals surface area contributed by atoms with Gasteiger partial charge >= 0.3 is 0 Å². The Morgan fingerprint density at radius 3 is 2.47 bits per heavy atom. The summed E-state index contributed by atoms with van der Waals surface area (Å²) in [5.74, 6) is 0.653. The molecule has 7 nitrogen and oxygen atoms in total. The molecule has 0 atom stereocenters. The number of nitrogens with one attached hydrogen (secondary N) is 1. The van der Waals surface area contributed by atoms with Gasteiger partial charge in [-0.3, -0.25) is 9.69 Å². The Bertz CT molecular complexity index is 1100. The van der Waals surface area contributed by atoms with Gasteiger partial charge in [0.2, 0.25) is 10.0 Å². The molecular formula is C26H35N3O4S. The Morgan fingerprint density at radius 2 is 1.76 bits per heavy atom. The summed E-state index contributed by atoms with van der Waals surface area (Å²) in [6.45, 7) is 5.53. The van der Waals surface area contributed by atoms with Gasteiger partial charge in [0, 0.05) is 44.3 Å². The van der Waals surface area contributed by atoms with Crippen LogP contribution in [0.1, 0.15) is 53.6 Å². The SMILES string of the molecule is COc1cccc(CN2CCC(NC(=O)c3ccc(C)c(S(=O)(=O)N4CCCCC4)c3)CC2)c1. The number of carbonyl (C=O) groups excluding carboxylic acids is 1. The van der Waals surface area contributed by atoms with Gasteiger partial charge in [-0.15, -0.1) is 0 Å². The summed E-state index contributed by atoms with van der Waals surface area (Å²) in [6, 6.07) is 13.2. The molecule has 0 saturated carbocycles. The molecule has 2 heterocycles. The van der Waals surface area contributed by atoms with Gasteiger partial charge in [0.1, 0.15) is 5.75 Å². The van der Waals surface area contributed by atoms with Gasteiger partial charge in [0.15, 0.2) is 0 Å². The number of hydrogen-bond acceptors (Lipinski definition) is 5. The lowest BCUT2D eigenvalue weighted by atomic mass is 10.0. The lowest BCUT2D eigenvalue weighted by molar-refractivity contribution is 0.0908. The van der Waals surface area contributed by atoms with Crippen molar-refractivity contribution in [1.82, 2.24) is 14.5 Å². The second kappa shape index (κ2) is 10.9. The van der Waals surface area contributed by atoms with Gasteiger partial charge in [0.25, 0.3) is 5.91 Å². The molecule has 1 N–H and O–H groups in total. The number of nitrogens with zero attached hydrogens (tertiary/aromatic N) is 2. The standard InChI is InChI=1S/C26H35N3O4S/c1-20-9-10-22(18-25(20)34(31,32)29-13-4-3-5-14-29)26(30)27-23-11-15-28(16-12-23)19-21-7-6-8-24(17-21)33-2/h6-10,17-18,23H,3-5,11-16,19H2,1-2H3,(H,27,30). The average Bonchev–Trinajstić information content (AvgIpc) is 2.86. The van der Waals surface area contributed by atoms with Crippen LogP contribution in [0.25, 0.3) is 0 Å². The molecule has 34 heavy (non-hydrogen) atoms. The summed E-state index contributed by atoms with van der Waals surface area (Å²) in [5.41, 5.74) is 2.29. The van der Waals surface area contributed by atoms with Gasteiger partial charge in [0.05, 0.1) is 12.0 Å². The van der Waals surface area contributed by atoms with Crippen LogP contribution in [0.15, 0.2) is 47.4 Å². The fourth-order valence-corrected chi connectivity index (χ4v) is 6.56. The first-order valence-electron chi connectivity index (χ1n) is 12.1. The molecule has 2 fully saturated rings. The third-order valence-electron chi connectivity index (χ3n) is 6.85. The second-order valence-electron chi connectivity index (χ2n) is 9.32. The van der Waals surface area contributed by atoms with Crippen molar-refractivity contribution in [2.45, 2.75) is 56.5 Å². The topological polar surface area (TPSA) is 79.0 Å². The van der Waals surface area contributed by atoms with Crippen LogP contribution < -0.4 is 10.1 Å². The van der Waals surface area contributed by atoms with Crippen molar-refractivity contribution in [2.24, 2.45) is 0 Å². The van der Waals surface area contributed by atoms with E-state index < -0.39 is 10.0 Å². The lowest BCUT2D eigenvalue weighted by Gasteiger charge is -2.32. The summed E-state index contributed by atoms with van der Waals surface area (Å²) in [6.07, 6.45) is 4.55.